The fourth-order valence-electron chi connectivity index (χ4n) is 2.03. The Labute approximate surface area is 120 Å². The van der Waals surface area contributed by atoms with E-state index in [1.165, 1.54) is 0 Å². The van der Waals surface area contributed by atoms with Gasteiger partial charge in [-0.1, -0.05) is 18.5 Å². The van der Waals surface area contributed by atoms with Crippen molar-refractivity contribution in [3.63, 3.8) is 0 Å². The zero-order valence-corrected chi connectivity index (χ0v) is 11.7. The van der Waals surface area contributed by atoms with E-state index in [9.17, 15) is 0 Å². The molecule has 0 fully saturated rings. The number of hydrogen-bond acceptors (Lipinski definition) is 5. The smallest absolute Gasteiger partial charge is 0.170 e. The second-order valence-corrected chi connectivity index (χ2v) is 4.66. The quantitative estimate of drug-likeness (QED) is 0.795. The number of nitrogens with one attached hydrogen (secondary N) is 1. The minimum atomic E-state index is 0.598. The molecule has 0 aliphatic rings. The van der Waals surface area contributed by atoms with E-state index < -0.39 is 0 Å². The molecule has 0 aliphatic carbocycles. The first-order chi connectivity index (χ1) is 9.81. The van der Waals surface area contributed by atoms with E-state index in [4.69, 9.17) is 11.6 Å². The van der Waals surface area contributed by atoms with E-state index in [1.807, 2.05) is 31.2 Å². The average molecular weight is 289 g/mol. The van der Waals surface area contributed by atoms with Gasteiger partial charge in [0.25, 0.3) is 0 Å². The molecule has 20 heavy (non-hydrogen) atoms. The van der Waals surface area contributed by atoms with Gasteiger partial charge in [0.2, 0.25) is 0 Å². The lowest BCUT2D eigenvalue weighted by Crippen LogP contribution is -2.16. The molecule has 102 valence electrons. The Hall–Kier alpha value is -2.05. The van der Waals surface area contributed by atoms with Crippen molar-refractivity contribution in [3.8, 4) is 5.69 Å². The van der Waals surface area contributed by atoms with E-state index in [0.29, 0.717) is 11.6 Å². The molecule has 3 rings (SSSR count). The van der Waals surface area contributed by atoms with Crippen LogP contribution in [0.3, 0.4) is 0 Å². The van der Waals surface area contributed by atoms with Crippen molar-refractivity contribution >= 4 is 22.5 Å². The minimum Gasteiger partial charge on any atom is -0.310 e. The molecule has 6 nitrogen and oxygen atoms in total. The van der Waals surface area contributed by atoms with Crippen molar-refractivity contribution in [2.75, 3.05) is 6.54 Å². The summed E-state index contributed by atoms with van der Waals surface area (Å²) >= 11 is 6.20. The molecule has 1 aromatic carbocycles. The molecule has 2 aromatic heterocycles. The molecule has 0 unspecified atom stereocenters. The number of halogens is 1. The summed E-state index contributed by atoms with van der Waals surface area (Å²) in [6.07, 6.45) is 1.73. The van der Waals surface area contributed by atoms with E-state index >= 15 is 0 Å². The second kappa shape index (κ2) is 5.52. The fourth-order valence-corrected chi connectivity index (χ4v) is 2.25. The van der Waals surface area contributed by atoms with Crippen molar-refractivity contribution < 1.29 is 0 Å². The molecule has 7 heteroatoms. The fraction of sp³-hybridized carbons (Fsp3) is 0.231. The number of nitrogens with zero attached hydrogens (tertiary/aromatic N) is 5. The highest BCUT2D eigenvalue weighted by Gasteiger charge is 2.12. The summed E-state index contributed by atoms with van der Waals surface area (Å²) in [5.74, 6) is 0.737. The number of hydrogen-bond donors (Lipinski definition) is 1. The Morgan fingerprint density at radius 1 is 1.30 bits per heavy atom. The Kier molecular flexibility index (Phi) is 3.58. The number of fused-ring (bicyclic) bond motifs is 1. The first-order valence-corrected chi connectivity index (χ1v) is 6.70. The molecule has 0 bridgehead atoms. The van der Waals surface area contributed by atoms with Crippen molar-refractivity contribution in [3.05, 3.63) is 41.3 Å². The summed E-state index contributed by atoms with van der Waals surface area (Å²) in [5.41, 5.74) is 1.60. The highest BCUT2D eigenvalue weighted by atomic mass is 35.5. The van der Waals surface area contributed by atoms with Crippen LogP contribution in [0.5, 0.6) is 0 Å². The van der Waals surface area contributed by atoms with Gasteiger partial charge < -0.3 is 5.32 Å². The third-order valence-corrected chi connectivity index (χ3v) is 3.32. The molecule has 0 saturated heterocycles. The average Bonchev–Trinajstić information content (AvgIpc) is 2.94. The van der Waals surface area contributed by atoms with Gasteiger partial charge in [0, 0.05) is 11.6 Å². The summed E-state index contributed by atoms with van der Waals surface area (Å²) in [4.78, 5) is 4.40. The van der Waals surface area contributed by atoms with E-state index in [1.54, 1.807) is 10.9 Å². The largest absolute Gasteiger partial charge is 0.310 e. The van der Waals surface area contributed by atoms with Crippen LogP contribution in [0.15, 0.2) is 30.5 Å². The minimum absolute atomic E-state index is 0.598. The normalized spacial score (nSPS) is 11.1. The van der Waals surface area contributed by atoms with Crippen LogP contribution in [0.1, 0.15) is 12.7 Å². The molecule has 0 atom stereocenters. The summed E-state index contributed by atoms with van der Waals surface area (Å²) in [6, 6.07) is 7.50. The van der Waals surface area contributed by atoms with Crippen LogP contribution in [0.4, 0.5) is 0 Å². The van der Waals surface area contributed by atoms with Gasteiger partial charge in [-0.05, 0) is 41.2 Å². The van der Waals surface area contributed by atoms with Crippen LogP contribution in [0, 0.1) is 0 Å². The van der Waals surface area contributed by atoms with Gasteiger partial charge in [-0.2, -0.15) is 4.68 Å². The molecule has 1 N–H and O–H groups in total. The molecular weight excluding hydrogens is 276 g/mol. The zero-order valence-electron chi connectivity index (χ0n) is 10.9. The van der Waals surface area contributed by atoms with Crippen LogP contribution in [-0.2, 0) is 6.54 Å². The van der Waals surface area contributed by atoms with Gasteiger partial charge in [0.1, 0.15) is 0 Å². The summed E-state index contributed by atoms with van der Waals surface area (Å²) < 4.78 is 1.69. The zero-order chi connectivity index (χ0) is 13.9. The maximum absolute atomic E-state index is 6.20. The van der Waals surface area contributed by atoms with Gasteiger partial charge in [-0.25, -0.2) is 0 Å². The highest BCUT2D eigenvalue weighted by molar-refractivity contribution is 6.35. The van der Waals surface area contributed by atoms with Crippen LogP contribution >= 0.6 is 11.6 Å². The number of rotatable bonds is 4. The molecule has 0 radical (unpaired) electrons. The van der Waals surface area contributed by atoms with E-state index in [-0.39, 0.29) is 0 Å². The Morgan fingerprint density at radius 3 is 3.05 bits per heavy atom. The lowest BCUT2D eigenvalue weighted by Gasteiger charge is -2.08. The maximum Gasteiger partial charge on any atom is 0.170 e. The van der Waals surface area contributed by atoms with Gasteiger partial charge in [-0.3, -0.25) is 4.98 Å². The van der Waals surface area contributed by atoms with Crippen LogP contribution in [0.2, 0.25) is 5.02 Å². The van der Waals surface area contributed by atoms with Crippen molar-refractivity contribution in [1.29, 1.82) is 0 Å². The topological polar surface area (TPSA) is 68.5 Å². The SMILES string of the molecule is CCNCc1nnnn1-c1ccc(Cl)c2cccnc12. The first-order valence-electron chi connectivity index (χ1n) is 6.33. The third-order valence-electron chi connectivity index (χ3n) is 2.99. The summed E-state index contributed by atoms with van der Waals surface area (Å²) in [6.45, 7) is 3.49. The molecule has 0 aliphatic heterocycles. The molecular formula is C13H13ClN6. The number of tetrazole rings is 1. The van der Waals surface area contributed by atoms with Gasteiger partial charge >= 0.3 is 0 Å². The van der Waals surface area contributed by atoms with Crippen molar-refractivity contribution in [2.45, 2.75) is 13.5 Å². The number of pyridine rings is 1. The van der Waals surface area contributed by atoms with Gasteiger partial charge in [-0.15, -0.1) is 5.10 Å². The predicted octanol–water partition coefficient (Wildman–Crippen LogP) is 1.97. The monoisotopic (exact) mass is 288 g/mol. The highest BCUT2D eigenvalue weighted by Crippen LogP contribution is 2.26. The predicted molar refractivity (Wildman–Crippen MR) is 76.8 cm³/mol. The number of benzene rings is 1. The van der Waals surface area contributed by atoms with Gasteiger partial charge in [0.15, 0.2) is 5.82 Å². The Balaban J connectivity index is 2.15. The molecule has 0 saturated carbocycles. The molecule has 3 aromatic rings. The Bertz CT molecular complexity index is 739. The van der Waals surface area contributed by atoms with Gasteiger partial charge in [0.05, 0.1) is 22.8 Å². The lowest BCUT2D eigenvalue weighted by atomic mass is 10.2. The summed E-state index contributed by atoms with van der Waals surface area (Å²) in [5, 5.41) is 16.6. The van der Waals surface area contributed by atoms with E-state index in [2.05, 4.69) is 25.8 Å². The van der Waals surface area contributed by atoms with Crippen molar-refractivity contribution in [1.82, 2.24) is 30.5 Å². The molecule has 0 amide bonds. The standard InChI is InChI=1S/C13H13ClN6/c1-2-15-8-12-17-18-19-20(12)11-6-5-10(14)9-4-3-7-16-13(9)11/h3-7,15H,2,8H2,1H3. The van der Waals surface area contributed by atoms with E-state index in [0.717, 1.165) is 29.0 Å². The van der Waals surface area contributed by atoms with Crippen LogP contribution in [-0.4, -0.2) is 31.7 Å². The maximum atomic E-state index is 6.20. The third kappa shape index (κ3) is 2.23. The van der Waals surface area contributed by atoms with Crippen molar-refractivity contribution in [2.24, 2.45) is 0 Å². The second-order valence-electron chi connectivity index (χ2n) is 4.25. The summed E-state index contributed by atoms with van der Waals surface area (Å²) in [7, 11) is 0. The molecule has 0 spiro atoms. The first kappa shape index (κ1) is 13.0. The van der Waals surface area contributed by atoms with Crippen LogP contribution in [0.25, 0.3) is 16.6 Å². The number of aromatic nitrogens is 5. The Morgan fingerprint density at radius 2 is 2.20 bits per heavy atom. The molecule has 2 heterocycles. The van der Waals surface area contributed by atoms with Crippen LogP contribution < -0.4 is 5.32 Å². The lowest BCUT2D eigenvalue weighted by molar-refractivity contribution is 0.665.